The third-order valence-corrected chi connectivity index (χ3v) is 4.17. The largest absolute Gasteiger partial charge is 0.364 e. The minimum atomic E-state index is -0.341. The number of aryl methyl sites for hydroxylation is 1. The molecule has 1 amide bonds. The van der Waals surface area contributed by atoms with Gasteiger partial charge in [0.05, 0.1) is 6.10 Å². The van der Waals surface area contributed by atoms with Crippen LogP contribution >= 0.6 is 0 Å². The third kappa shape index (κ3) is 4.05. The number of benzene rings is 1. The van der Waals surface area contributed by atoms with Crippen molar-refractivity contribution in [2.24, 2.45) is 5.73 Å². The van der Waals surface area contributed by atoms with E-state index in [0.717, 1.165) is 12.8 Å². The van der Waals surface area contributed by atoms with Gasteiger partial charge < -0.3 is 15.8 Å². The first-order valence-electron chi connectivity index (χ1n) is 7.63. The fraction of sp³-hybridized carbons (Fsp3) is 0.588. The second-order valence-electron chi connectivity index (χ2n) is 6.53. The van der Waals surface area contributed by atoms with E-state index in [9.17, 15) is 4.79 Å². The van der Waals surface area contributed by atoms with E-state index in [1.54, 1.807) is 0 Å². The highest BCUT2D eigenvalue weighted by molar-refractivity contribution is 5.81. The van der Waals surface area contributed by atoms with Crippen molar-refractivity contribution < 1.29 is 9.53 Å². The Hall–Kier alpha value is -1.39. The Morgan fingerprint density at radius 2 is 2.19 bits per heavy atom. The first-order valence-corrected chi connectivity index (χ1v) is 7.63. The summed E-state index contributed by atoms with van der Waals surface area (Å²) in [5, 5.41) is 3.02. The molecule has 0 radical (unpaired) electrons. The average Bonchev–Trinajstić information content (AvgIpc) is 2.94. The highest BCUT2D eigenvalue weighted by Gasteiger charge is 2.31. The number of hydrogen-bond acceptors (Lipinski definition) is 3. The van der Waals surface area contributed by atoms with E-state index < -0.39 is 0 Å². The Morgan fingerprint density at radius 3 is 2.81 bits per heavy atom. The van der Waals surface area contributed by atoms with Gasteiger partial charge in [0, 0.05) is 18.5 Å². The normalized spacial score (nSPS) is 22.3. The van der Waals surface area contributed by atoms with Gasteiger partial charge in [0.15, 0.2) is 0 Å². The lowest BCUT2D eigenvalue weighted by atomic mass is 9.84. The zero-order valence-corrected chi connectivity index (χ0v) is 13.2. The number of rotatable bonds is 5. The highest BCUT2D eigenvalue weighted by Crippen LogP contribution is 2.24. The smallest absolute Gasteiger partial charge is 0.249 e. The van der Waals surface area contributed by atoms with Gasteiger partial charge in [0.25, 0.3) is 0 Å². The number of nitrogens with two attached hydrogens (primary N) is 1. The molecule has 0 aromatic heterocycles. The molecule has 1 aliphatic heterocycles. The molecule has 3 N–H and O–H groups in total. The second kappa shape index (κ2) is 6.58. The zero-order chi connectivity index (χ0) is 15.5. The molecule has 1 saturated heterocycles. The van der Waals surface area contributed by atoms with Crippen LogP contribution in [0.1, 0.15) is 37.8 Å². The van der Waals surface area contributed by atoms with Crippen LogP contribution in [0.15, 0.2) is 24.3 Å². The van der Waals surface area contributed by atoms with Gasteiger partial charge in [-0.05, 0) is 25.3 Å². The summed E-state index contributed by atoms with van der Waals surface area (Å²) in [6.07, 6.45) is 1.33. The molecule has 0 aliphatic carbocycles. The van der Waals surface area contributed by atoms with Crippen molar-refractivity contribution >= 4 is 5.91 Å². The number of hydrogen-bond donors (Lipinski definition) is 2. The monoisotopic (exact) mass is 290 g/mol. The van der Waals surface area contributed by atoms with Crippen molar-refractivity contribution in [1.82, 2.24) is 5.32 Å². The van der Waals surface area contributed by atoms with Crippen LogP contribution in [-0.4, -0.2) is 31.2 Å². The van der Waals surface area contributed by atoms with Crippen molar-refractivity contribution in [3.8, 4) is 0 Å². The predicted molar refractivity (Wildman–Crippen MR) is 84.2 cm³/mol. The molecule has 0 spiro atoms. The standard InChI is InChI=1S/C17H26N2O2/c1-12-5-4-6-13(9-12)17(2,3)11-19-16(20)15-8-7-14(10-18)21-15/h4-6,9,14-15H,7-8,10-11,18H2,1-3H3,(H,19,20)/t14-,15+/m1/s1. The van der Waals surface area contributed by atoms with E-state index in [4.69, 9.17) is 10.5 Å². The lowest BCUT2D eigenvalue weighted by molar-refractivity contribution is -0.132. The average molecular weight is 290 g/mol. The molecule has 4 heteroatoms. The van der Waals surface area contributed by atoms with E-state index in [2.05, 4.69) is 50.4 Å². The molecule has 2 rings (SSSR count). The Balaban J connectivity index is 1.91. The minimum absolute atomic E-state index is 0.0216. The molecule has 1 fully saturated rings. The molecular weight excluding hydrogens is 264 g/mol. The van der Waals surface area contributed by atoms with E-state index in [-0.39, 0.29) is 23.5 Å². The van der Waals surface area contributed by atoms with E-state index in [1.165, 1.54) is 11.1 Å². The first kappa shape index (κ1) is 16.0. The molecule has 116 valence electrons. The maximum absolute atomic E-state index is 12.2. The number of carbonyl (C=O) groups is 1. The maximum atomic E-state index is 12.2. The van der Waals surface area contributed by atoms with E-state index >= 15 is 0 Å². The lowest BCUT2D eigenvalue weighted by Gasteiger charge is -2.26. The van der Waals surface area contributed by atoms with Gasteiger partial charge in [-0.1, -0.05) is 43.7 Å². The summed E-state index contributed by atoms with van der Waals surface area (Å²) in [6, 6.07) is 8.41. The van der Waals surface area contributed by atoms with Gasteiger partial charge in [0.1, 0.15) is 6.10 Å². The number of carbonyl (C=O) groups excluding carboxylic acids is 1. The summed E-state index contributed by atoms with van der Waals surface area (Å²) in [5.74, 6) is -0.0216. The maximum Gasteiger partial charge on any atom is 0.249 e. The molecule has 1 heterocycles. The van der Waals surface area contributed by atoms with E-state index in [1.807, 2.05) is 0 Å². The van der Waals surface area contributed by atoms with Crippen molar-refractivity contribution in [3.63, 3.8) is 0 Å². The van der Waals surface area contributed by atoms with Crippen LogP contribution in [0.5, 0.6) is 0 Å². The molecular formula is C17H26N2O2. The topological polar surface area (TPSA) is 64.4 Å². The molecule has 1 aromatic carbocycles. The van der Waals surface area contributed by atoms with E-state index in [0.29, 0.717) is 13.1 Å². The van der Waals surface area contributed by atoms with Crippen LogP contribution in [0.4, 0.5) is 0 Å². The Kier molecular flexibility index (Phi) is 5.01. The van der Waals surface area contributed by atoms with Crippen LogP contribution in [0.2, 0.25) is 0 Å². The van der Waals surface area contributed by atoms with Gasteiger partial charge in [-0.3, -0.25) is 4.79 Å². The summed E-state index contributed by atoms with van der Waals surface area (Å²) in [7, 11) is 0. The quantitative estimate of drug-likeness (QED) is 0.870. The molecule has 2 atom stereocenters. The molecule has 1 aromatic rings. The molecule has 4 nitrogen and oxygen atoms in total. The summed E-state index contributed by atoms with van der Waals surface area (Å²) in [4.78, 5) is 12.2. The van der Waals surface area contributed by atoms with Crippen LogP contribution in [0.3, 0.4) is 0 Å². The summed E-state index contributed by atoms with van der Waals surface area (Å²) >= 11 is 0. The Bertz CT molecular complexity index is 499. The Morgan fingerprint density at radius 1 is 1.43 bits per heavy atom. The van der Waals surface area contributed by atoms with Crippen molar-refractivity contribution in [2.75, 3.05) is 13.1 Å². The molecule has 0 bridgehead atoms. The Labute approximate surface area is 127 Å². The summed E-state index contributed by atoms with van der Waals surface area (Å²) in [6.45, 7) is 7.44. The van der Waals surface area contributed by atoms with Crippen LogP contribution < -0.4 is 11.1 Å². The molecule has 1 aliphatic rings. The van der Waals surface area contributed by atoms with Gasteiger partial charge in [-0.15, -0.1) is 0 Å². The zero-order valence-electron chi connectivity index (χ0n) is 13.2. The van der Waals surface area contributed by atoms with Gasteiger partial charge in [-0.25, -0.2) is 0 Å². The van der Waals surface area contributed by atoms with Gasteiger partial charge in [0.2, 0.25) is 5.91 Å². The summed E-state index contributed by atoms with van der Waals surface area (Å²) < 4.78 is 5.63. The van der Waals surface area contributed by atoms with Crippen molar-refractivity contribution in [2.45, 2.75) is 51.2 Å². The van der Waals surface area contributed by atoms with Gasteiger partial charge >= 0.3 is 0 Å². The SMILES string of the molecule is Cc1cccc(C(C)(C)CNC(=O)[C@@H]2CC[C@H](CN)O2)c1. The second-order valence-corrected chi connectivity index (χ2v) is 6.53. The lowest BCUT2D eigenvalue weighted by Crippen LogP contribution is -2.42. The minimum Gasteiger partial charge on any atom is -0.364 e. The van der Waals surface area contributed by atoms with Crippen LogP contribution in [0.25, 0.3) is 0 Å². The molecule has 21 heavy (non-hydrogen) atoms. The fourth-order valence-corrected chi connectivity index (χ4v) is 2.66. The number of amides is 1. The third-order valence-electron chi connectivity index (χ3n) is 4.17. The first-order chi connectivity index (χ1) is 9.92. The number of ether oxygens (including phenoxy) is 1. The number of nitrogens with one attached hydrogen (secondary N) is 1. The van der Waals surface area contributed by atoms with Crippen LogP contribution in [-0.2, 0) is 14.9 Å². The fourth-order valence-electron chi connectivity index (χ4n) is 2.66. The molecule has 0 unspecified atom stereocenters. The predicted octanol–water partition coefficient (Wildman–Crippen LogP) is 1.90. The van der Waals surface area contributed by atoms with Crippen molar-refractivity contribution in [3.05, 3.63) is 35.4 Å². The van der Waals surface area contributed by atoms with Gasteiger partial charge in [-0.2, -0.15) is 0 Å². The highest BCUT2D eigenvalue weighted by atomic mass is 16.5. The molecule has 0 saturated carbocycles. The van der Waals surface area contributed by atoms with Crippen molar-refractivity contribution in [1.29, 1.82) is 0 Å². The summed E-state index contributed by atoms with van der Waals surface area (Å²) in [5.41, 5.74) is 7.93. The van der Waals surface area contributed by atoms with Crippen LogP contribution in [0, 0.1) is 6.92 Å².